The number of hydrogen-bond donors (Lipinski definition) is 1. The van der Waals surface area contributed by atoms with Gasteiger partial charge in [-0.2, -0.15) is 5.10 Å². The first-order valence-electron chi connectivity index (χ1n) is 6.02. The molecular formula is C15H11BrClN3. The van der Waals surface area contributed by atoms with Crippen LogP contribution in [-0.2, 0) is 0 Å². The maximum Gasteiger partial charge on any atom is 0.127 e. The van der Waals surface area contributed by atoms with Gasteiger partial charge >= 0.3 is 0 Å². The van der Waals surface area contributed by atoms with Crippen LogP contribution in [0.5, 0.6) is 0 Å². The Morgan fingerprint density at radius 1 is 1.05 bits per heavy atom. The number of nitrogens with two attached hydrogens (primary N) is 1. The Kier molecular flexibility index (Phi) is 3.51. The van der Waals surface area contributed by atoms with E-state index in [1.165, 1.54) is 0 Å². The number of aromatic nitrogens is 2. The van der Waals surface area contributed by atoms with Crippen molar-refractivity contribution in [2.75, 3.05) is 5.73 Å². The summed E-state index contributed by atoms with van der Waals surface area (Å²) >= 11 is 9.71. The van der Waals surface area contributed by atoms with Gasteiger partial charge in [0.25, 0.3) is 0 Å². The molecule has 0 saturated heterocycles. The summed E-state index contributed by atoms with van der Waals surface area (Å²) in [5, 5.41) is 5.16. The standard InChI is InChI=1S/C15H11BrClN3/c16-11-6-2-1-5-10(11)13-9-15(18)20(19-13)14-8-4-3-7-12(14)17/h1-9H,18H2. The average molecular weight is 349 g/mol. The van der Waals surface area contributed by atoms with Gasteiger partial charge in [0, 0.05) is 16.1 Å². The zero-order valence-corrected chi connectivity index (χ0v) is 12.8. The predicted molar refractivity (Wildman–Crippen MR) is 86.1 cm³/mol. The van der Waals surface area contributed by atoms with Crippen LogP contribution in [0.15, 0.2) is 59.1 Å². The average Bonchev–Trinajstić information content (AvgIpc) is 2.81. The molecule has 2 N–H and O–H groups in total. The summed E-state index contributed by atoms with van der Waals surface area (Å²) < 4.78 is 2.63. The van der Waals surface area contributed by atoms with Crippen LogP contribution < -0.4 is 5.73 Å². The number of nitrogen functional groups attached to an aromatic ring is 1. The van der Waals surface area contributed by atoms with Gasteiger partial charge in [0.05, 0.1) is 16.4 Å². The maximum absolute atomic E-state index is 6.19. The van der Waals surface area contributed by atoms with Gasteiger partial charge in [0.15, 0.2) is 0 Å². The third-order valence-corrected chi connectivity index (χ3v) is 3.98. The van der Waals surface area contributed by atoms with Gasteiger partial charge in [0.2, 0.25) is 0 Å². The fourth-order valence-corrected chi connectivity index (χ4v) is 2.72. The number of nitrogens with zero attached hydrogens (tertiary/aromatic N) is 2. The summed E-state index contributed by atoms with van der Waals surface area (Å²) in [6.45, 7) is 0. The second-order valence-electron chi connectivity index (χ2n) is 4.30. The van der Waals surface area contributed by atoms with E-state index in [1.807, 2.05) is 54.6 Å². The Balaban J connectivity index is 2.13. The fourth-order valence-electron chi connectivity index (χ4n) is 2.01. The van der Waals surface area contributed by atoms with Crippen molar-refractivity contribution in [3.8, 4) is 16.9 Å². The predicted octanol–water partition coefficient (Wildman–Crippen LogP) is 4.54. The van der Waals surface area contributed by atoms with E-state index in [9.17, 15) is 0 Å². The van der Waals surface area contributed by atoms with Gasteiger partial charge in [-0.25, -0.2) is 4.68 Å². The van der Waals surface area contributed by atoms with E-state index in [2.05, 4.69) is 21.0 Å². The molecule has 100 valence electrons. The quantitative estimate of drug-likeness (QED) is 0.739. The van der Waals surface area contributed by atoms with Gasteiger partial charge in [-0.1, -0.05) is 57.9 Å². The van der Waals surface area contributed by atoms with Crippen molar-refractivity contribution in [2.45, 2.75) is 0 Å². The van der Waals surface area contributed by atoms with Crippen LogP contribution in [-0.4, -0.2) is 9.78 Å². The van der Waals surface area contributed by atoms with Gasteiger partial charge < -0.3 is 5.73 Å². The number of anilines is 1. The summed E-state index contributed by atoms with van der Waals surface area (Å²) in [6, 6.07) is 17.2. The number of benzene rings is 2. The van der Waals surface area contributed by atoms with Crippen LogP contribution in [0.25, 0.3) is 16.9 Å². The molecule has 0 aliphatic carbocycles. The molecule has 3 rings (SSSR count). The summed E-state index contributed by atoms with van der Waals surface area (Å²) in [5.74, 6) is 0.545. The number of para-hydroxylation sites is 1. The molecule has 20 heavy (non-hydrogen) atoms. The highest BCUT2D eigenvalue weighted by molar-refractivity contribution is 9.10. The molecule has 2 aromatic carbocycles. The molecule has 0 fully saturated rings. The van der Waals surface area contributed by atoms with E-state index < -0.39 is 0 Å². The molecule has 0 saturated carbocycles. The summed E-state index contributed by atoms with van der Waals surface area (Å²) in [6.07, 6.45) is 0. The lowest BCUT2D eigenvalue weighted by molar-refractivity contribution is 0.895. The van der Waals surface area contributed by atoms with Crippen LogP contribution in [0.1, 0.15) is 0 Å². The zero-order chi connectivity index (χ0) is 14.1. The van der Waals surface area contributed by atoms with Gasteiger partial charge in [-0.3, -0.25) is 0 Å². The lowest BCUT2D eigenvalue weighted by Crippen LogP contribution is -2.02. The first-order chi connectivity index (χ1) is 9.66. The van der Waals surface area contributed by atoms with E-state index in [0.717, 1.165) is 21.4 Å². The van der Waals surface area contributed by atoms with Crippen LogP contribution >= 0.6 is 27.5 Å². The van der Waals surface area contributed by atoms with Gasteiger partial charge in [-0.05, 0) is 18.2 Å². The van der Waals surface area contributed by atoms with Crippen molar-refractivity contribution >= 4 is 33.3 Å². The molecule has 1 heterocycles. The minimum absolute atomic E-state index is 0.545. The highest BCUT2D eigenvalue weighted by Gasteiger charge is 2.12. The van der Waals surface area contributed by atoms with Crippen molar-refractivity contribution in [2.24, 2.45) is 0 Å². The topological polar surface area (TPSA) is 43.8 Å². The number of halogens is 2. The van der Waals surface area contributed by atoms with E-state index in [1.54, 1.807) is 4.68 Å². The Morgan fingerprint density at radius 2 is 1.75 bits per heavy atom. The van der Waals surface area contributed by atoms with E-state index in [0.29, 0.717) is 10.8 Å². The lowest BCUT2D eigenvalue weighted by atomic mass is 10.1. The summed E-state index contributed by atoms with van der Waals surface area (Å²) in [4.78, 5) is 0. The monoisotopic (exact) mass is 347 g/mol. The van der Waals surface area contributed by atoms with Gasteiger partial charge in [0.1, 0.15) is 5.82 Å². The molecule has 0 aliphatic heterocycles. The molecule has 3 aromatic rings. The van der Waals surface area contributed by atoms with E-state index in [-0.39, 0.29) is 0 Å². The van der Waals surface area contributed by atoms with Crippen molar-refractivity contribution in [3.05, 3.63) is 64.1 Å². The molecule has 0 aliphatic rings. The molecule has 5 heteroatoms. The van der Waals surface area contributed by atoms with E-state index >= 15 is 0 Å². The van der Waals surface area contributed by atoms with Crippen LogP contribution in [0.2, 0.25) is 5.02 Å². The van der Waals surface area contributed by atoms with Gasteiger partial charge in [-0.15, -0.1) is 0 Å². The molecule has 0 atom stereocenters. The summed E-state index contributed by atoms with van der Waals surface area (Å²) in [7, 11) is 0. The maximum atomic E-state index is 6.19. The highest BCUT2D eigenvalue weighted by atomic mass is 79.9. The Labute approximate surface area is 130 Å². The van der Waals surface area contributed by atoms with Crippen molar-refractivity contribution in [1.29, 1.82) is 0 Å². The zero-order valence-electron chi connectivity index (χ0n) is 10.4. The largest absolute Gasteiger partial charge is 0.384 e. The smallest absolute Gasteiger partial charge is 0.127 e. The normalized spacial score (nSPS) is 10.7. The second kappa shape index (κ2) is 5.31. The van der Waals surface area contributed by atoms with Crippen LogP contribution in [0, 0.1) is 0 Å². The third kappa shape index (κ3) is 2.32. The minimum Gasteiger partial charge on any atom is -0.384 e. The number of rotatable bonds is 2. The van der Waals surface area contributed by atoms with Crippen molar-refractivity contribution in [1.82, 2.24) is 9.78 Å². The second-order valence-corrected chi connectivity index (χ2v) is 5.56. The SMILES string of the molecule is Nc1cc(-c2ccccc2Br)nn1-c1ccccc1Cl. The van der Waals surface area contributed by atoms with Crippen molar-refractivity contribution in [3.63, 3.8) is 0 Å². The molecule has 1 aromatic heterocycles. The lowest BCUT2D eigenvalue weighted by Gasteiger charge is -2.05. The summed E-state index contributed by atoms with van der Waals surface area (Å²) in [5.41, 5.74) is 8.62. The molecule has 0 bridgehead atoms. The molecule has 0 amide bonds. The molecule has 0 radical (unpaired) electrons. The van der Waals surface area contributed by atoms with Crippen LogP contribution in [0.4, 0.5) is 5.82 Å². The molecule has 0 unspecified atom stereocenters. The number of hydrogen-bond acceptors (Lipinski definition) is 2. The first-order valence-corrected chi connectivity index (χ1v) is 7.19. The Hall–Kier alpha value is -1.78. The molecular weight excluding hydrogens is 338 g/mol. The van der Waals surface area contributed by atoms with E-state index in [4.69, 9.17) is 17.3 Å². The van der Waals surface area contributed by atoms with Crippen LogP contribution in [0.3, 0.4) is 0 Å². The first kappa shape index (κ1) is 13.2. The fraction of sp³-hybridized carbons (Fsp3) is 0. The minimum atomic E-state index is 0.545. The van der Waals surface area contributed by atoms with Crippen molar-refractivity contribution < 1.29 is 0 Å². The molecule has 3 nitrogen and oxygen atoms in total. The Morgan fingerprint density at radius 3 is 2.50 bits per heavy atom. The Bertz CT molecular complexity index is 767. The molecule has 0 spiro atoms. The highest BCUT2D eigenvalue weighted by Crippen LogP contribution is 2.30. The third-order valence-electron chi connectivity index (χ3n) is 2.97.